The number of rotatable bonds is 4. The molecule has 1 aromatic heterocycles. The quantitative estimate of drug-likeness (QED) is 0.100. The lowest BCUT2D eigenvalue weighted by atomic mass is 9.84. The van der Waals surface area contributed by atoms with Crippen LogP contribution in [0.15, 0.2) is 182 Å². The molecule has 0 radical (unpaired) electrons. The third kappa shape index (κ3) is 6.11. The van der Waals surface area contributed by atoms with Gasteiger partial charge in [0.2, 0.25) is 0 Å². The highest BCUT2D eigenvalue weighted by molar-refractivity contribution is 6.50. The molecule has 0 bridgehead atoms. The monoisotopic (exact) mass is 654 g/mol. The largest absolute Gasteiger partial charge is 0.399 e. The minimum atomic E-state index is 0.238. The lowest BCUT2D eigenvalue weighted by Crippen LogP contribution is -2.10. The molecule has 0 atom stereocenters. The molecule has 0 aliphatic heterocycles. The second-order valence-corrected chi connectivity index (χ2v) is 12.6. The second kappa shape index (κ2) is 13.5. The Morgan fingerprint density at radius 1 is 0.431 bits per heavy atom. The summed E-state index contributed by atoms with van der Waals surface area (Å²) in [4.78, 5) is 3.96. The number of nitrogens with one attached hydrogen (secondary N) is 2. The van der Waals surface area contributed by atoms with Crippen molar-refractivity contribution in [3.05, 3.63) is 188 Å². The van der Waals surface area contributed by atoms with Gasteiger partial charge in [-0.1, -0.05) is 127 Å². The van der Waals surface area contributed by atoms with E-state index in [-0.39, 0.29) is 11.4 Å². The van der Waals surface area contributed by atoms with Crippen LogP contribution in [0.1, 0.15) is 5.56 Å². The molecule has 0 saturated carbocycles. The molecule has 1 heterocycles. The van der Waals surface area contributed by atoms with Crippen molar-refractivity contribution in [3.63, 3.8) is 0 Å². The number of hydrogen-bond donors (Lipinski definition) is 3. The van der Waals surface area contributed by atoms with Gasteiger partial charge >= 0.3 is 0 Å². The Morgan fingerprint density at radius 3 is 1.69 bits per heavy atom. The van der Waals surface area contributed by atoms with Gasteiger partial charge in [0.25, 0.3) is 0 Å². The first-order chi connectivity index (χ1) is 25.0. The van der Waals surface area contributed by atoms with Gasteiger partial charge in [0.15, 0.2) is 0 Å². The molecular weight excluding hydrogens is 621 g/mol. The first-order valence-electron chi connectivity index (χ1n) is 16.9. The maximum absolute atomic E-state index is 8.28. The fraction of sp³-hybridized carbons (Fsp3) is 0. The van der Waals surface area contributed by atoms with Crippen LogP contribution in [0, 0.1) is 10.8 Å². The molecule has 4 heteroatoms. The molecule has 8 aromatic rings. The van der Waals surface area contributed by atoms with Gasteiger partial charge in [-0.2, -0.15) is 0 Å². The molecular formula is C47H34N4. The zero-order valence-corrected chi connectivity index (χ0v) is 27.8. The van der Waals surface area contributed by atoms with Gasteiger partial charge in [0, 0.05) is 18.1 Å². The molecule has 4 N–H and O–H groups in total. The minimum absolute atomic E-state index is 0.238. The predicted octanol–water partition coefficient (Wildman–Crippen LogP) is 11.8. The Morgan fingerprint density at radius 2 is 1.00 bits per heavy atom. The van der Waals surface area contributed by atoms with Crippen LogP contribution in [0.3, 0.4) is 0 Å². The van der Waals surface area contributed by atoms with Crippen LogP contribution in [0.5, 0.6) is 0 Å². The molecule has 242 valence electrons. The molecule has 51 heavy (non-hydrogen) atoms. The lowest BCUT2D eigenvalue weighted by Gasteiger charge is -2.19. The molecule has 0 saturated heterocycles. The summed E-state index contributed by atoms with van der Waals surface area (Å²) < 4.78 is 0. The van der Waals surface area contributed by atoms with Crippen molar-refractivity contribution in [3.8, 4) is 33.4 Å². The maximum Gasteiger partial charge on any atom is 0.0795 e. The van der Waals surface area contributed by atoms with Gasteiger partial charge in [-0.25, -0.2) is 0 Å². The summed E-state index contributed by atoms with van der Waals surface area (Å²) in [7, 11) is 0. The van der Waals surface area contributed by atoms with Gasteiger partial charge in [-0.15, -0.1) is 0 Å². The van der Waals surface area contributed by atoms with E-state index in [4.69, 9.17) is 16.6 Å². The highest BCUT2D eigenvalue weighted by atomic mass is 14.6. The average Bonchev–Trinajstić information content (AvgIpc) is 3.18. The molecule has 0 amide bonds. The Hall–Kier alpha value is -6.91. The summed E-state index contributed by atoms with van der Waals surface area (Å²) in [5, 5.41) is 23.4. The van der Waals surface area contributed by atoms with Crippen LogP contribution in [0.4, 0.5) is 5.69 Å². The fourth-order valence-electron chi connectivity index (χ4n) is 7.03. The van der Waals surface area contributed by atoms with E-state index in [1.54, 1.807) is 18.5 Å². The van der Waals surface area contributed by atoms with Crippen molar-refractivity contribution in [1.82, 2.24) is 4.98 Å². The Balaban J connectivity index is 0.000000242. The number of nitrogens with two attached hydrogens (primary N) is 1. The summed E-state index contributed by atoms with van der Waals surface area (Å²) in [6.07, 6.45) is 9.06. The topological polar surface area (TPSA) is 86.6 Å². The third-order valence-electron chi connectivity index (χ3n) is 9.39. The van der Waals surface area contributed by atoms with Gasteiger partial charge in [-0.05, 0) is 119 Å². The van der Waals surface area contributed by atoms with Crippen LogP contribution in [-0.4, -0.2) is 16.4 Å². The smallest absolute Gasteiger partial charge is 0.0795 e. The highest BCUT2D eigenvalue weighted by Crippen LogP contribution is 2.43. The Kier molecular flexibility index (Phi) is 8.33. The van der Waals surface area contributed by atoms with Crippen molar-refractivity contribution < 1.29 is 0 Å². The average molecular weight is 655 g/mol. The number of benzene rings is 7. The molecule has 1 aliphatic rings. The first-order valence-corrected chi connectivity index (χ1v) is 16.9. The molecule has 9 rings (SSSR count). The second-order valence-electron chi connectivity index (χ2n) is 12.6. The summed E-state index contributed by atoms with van der Waals surface area (Å²) in [5.74, 6) is 0. The van der Waals surface area contributed by atoms with Gasteiger partial charge in [0.05, 0.1) is 11.4 Å². The standard InChI is InChI=1S/C36H24N2.C11H10N2/c37-33-20-19-26(22-34(33)38)36-31-16-5-3-14-29(31)35(30-15-4-6-17-32(30)36)25-12-7-11-24(21-25)28-18-8-10-23-9-1-2-13-27(23)28;12-11-3-1-2-10(8-11)9-4-6-13-7-5-9/h1-22,37-38H;1-8H,12H2. The molecule has 4 nitrogen and oxygen atoms in total. The zero-order valence-electron chi connectivity index (χ0n) is 27.8. The van der Waals surface area contributed by atoms with Crippen molar-refractivity contribution >= 4 is 55.0 Å². The molecule has 1 aliphatic carbocycles. The fourth-order valence-corrected chi connectivity index (χ4v) is 7.03. The van der Waals surface area contributed by atoms with Gasteiger partial charge in [0.1, 0.15) is 0 Å². The van der Waals surface area contributed by atoms with Gasteiger partial charge in [-0.3, -0.25) is 15.8 Å². The number of nitrogens with zero attached hydrogens (tertiary/aromatic N) is 1. The summed E-state index contributed by atoms with van der Waals surface area (Å²) in [6, 6.07) is 52.8. The number of anilines is 1. The number of hydrogen-bond acceptors (Lipinski definition) is 4. The van der Waals surface area contributed by atoms with Crippen LogP contribution in [0.25, 0.3) is 71.3 Å². The Labute approximate surface area is 296 Å². The summed E-state index contributed by atoms with van der Waals surface area (Å²) >= 11 is 0. The third-order valence-corrected chi connectivity index (χ3v) is 9.39. The van der Waals surface area contributed by atoms with E-state index in [1.807, 2.05) is 48.6 Å². The van der Waals surface area contributed by atoms with Crippen LogP contribution in [-0.2, 0) is 0 Å². The van der Waals surface area contributed by atoms with E-state index < -0.39 is 0 Å². The van der Waals surface area contributed by atoms with Gasteiger partial charge < -0.3 is 5.73 Å². The summed E-state index contributed by atoms with van der Waals surface area (Å²) in [6.45, 7) is 0. The normalized spacial score (nSPS) is 12.5. The zero-order chi connectivity index (χ0) is 34.7. The molecule has 0 fully saturated rings. The number of aromatic nitrogens is 1. The van der Waals surface area contributed by atoms with Crippen LogP contribution in [0.2, 0.25) is 0 Å². The predicted molar refractivity (Wildman–Crippen MR) is 216 cm³/mol. The first kappa shape index (κ1) is 31.4. The Bertz CT molecular complexity index is 2620. The minimum Gasteiger partial charge on any atom is -0.399 e. The van der Waals surface area contributed by atoms with E-state index in [9.17, 15) is 0 Å². The highest BCUT2D eigenvalue weighted by Gasteiger charge is 2.19. The van der Waals surface area contributed by atoms with E-state index in [1.165, 1.54) is 43.8 Å². The van der Waals surface area contributed by atoms with Crippen molar-refractivity contribution in [2.24, 2.45) is 0 Å². The lowest BCUT2D eigenvalue weighted by molar-refractivity contribution is 1.33. The molecule has 7 aromatic carbocycles. The van der Waals surface area contributed by atoms with E-state index >= 15 is 0 Å². The van der Waals surface area contributed by atoms with E-state index in [0.717, 1.165) is 38.7 Å². The van der Waals surface area contributed by atoms with Crippen molar-refractivity contribution in [1.29, 1.82) is 10.8 Å². The summed E-state index contributed by atoms with van der Waals surface area (Å²) in [5.41, 5.74) is 16.1. The molecule has 0 unspecified atom stereocenters. The van der Waals surface area contributed by atoms with Crippen LogP contribution >= 0.6 is 0 Å². The van der Waals surface area contributed by atoms with Crippen molar-refractivity contribution in [2.75, 3.05) is 5.73 Å². The number of pyridine rings is 1. The maximum atomic E-state index is 8.28. The van der Waals surface area contributed by atoms with E-state index in [0.29, 0.717) is 0 Å². The van der Waals surface area contributed by atoms with E-state index in [2.05, 4.69) is 120 Å². The van der Waals surface area contributed by atoms with Crippen LogP contribution < -0.4 is 5.73 Å². The number of fused-ring (bicyclic) bond motifs is 3. The molecule has 0 spiro atoms. The number of nitrogen functional groups attached to an aromatic ring is 1. The number of allylic oxidation sites excluding steroid dienone is 4. The van der Waals surface area contributed by atoms with Crippen molar-refractivity contribution in [2.45, 2.75) is 0 Å². The SMILES string of the molecule is N=C1C=CC(c2c3ccccc3c(-c3cccc(-c4cccc5ccccc45)c3)c3ccccc23)=CC1=N.Nc1cccc(-c2ccncc2)c1.